The number of amides is 1. The normalized spacial score (nSPS) is 16.1. The number of benzene rings is 1. The fraction of sp³-hybridized carbons (Fsp3) is 0.533. The lowest BCUT2D eigenvalue weighted by Crippen LogP contribution is -2.40. The molecular formula is C15H20FNO4S. The Kier molecular flexibility index (Phi) is 5.39. The van der Waals surface area contributed by atoms with Gasteiger partial charge in [0.15, 0.2) is 9.84 Å². The molecule has 0 unspecified atom stereocenters. The Hall–Kier alpha value is -1.63. The molecule has 1 aliphatic rings. The SMILES string of the molecule is C[C@@H](C(=O)NC1CC1)S(=O)(=O)CCCOc1ccc(F)cc1. The first kappa shape index (κ1) is 16.7. The molecule has 0 saturated heterocycles. The molecule has 0 bridgehead atoms. The zero-order valence-corrected chi connectivity index (χ0v) is 13.2. The van der Waals surface area contributed by atoms with Gasteiger partial charge in [-0.2, -0.15) is 0 Å². The summed E-state index contributed by atoms with van der Waals surface area (Å²) in [6, 6.07) is 5.66. The molecule has 0 radical (unpaired) electrons. The Bertz CT molecular complexity index is 611. The van der Waals surface area contributed by atoms with Gasteiger partial charge >= 0.3 is 0 Å². The fourth-order valence-corrected chi connectivity index (χ4v) is 3.14. The van der Waals surface area contributed by atoms with Gasteiger partial charge in [-0.15, -0.1) is 0 Å². The Morgan fingerprint density at radius 3 is 2.59 bits per heavy atom. The van der Waals surface area contributed by atoms with Crippen LogP contribution in [0.1, 0.15) is 26.2 Å². The Labute approximate surface area is 129 Å². The summed E-state index contributed by atoms with van der Waals surface area (Å²) in [5.41, 5.74) is 0. The quantitative estimate of drug-likeness (QED) is 0.737. The van der Waals surface area contributed by atoms with Crippen molar-refractivity contribution in [3.63, 3.8) is 0 Å². The monoisotopic (exact) mass is 329 g/mol. The fourth-order valence-electron chi connectivity index (χ4n) is 1.87. The number of rotatable bonds is 8. The van der Waals surface area contributed by atoms with Crippen molar-refractivity contribution in [2.45, 2.75) is 37.5 Å². The number of carbonyl (C=O) groups is 1. The molecule has 0 spiro atoms. The molecule has 1 aromatic carbocycles. The molecule has 0 heterocycles. The van der Waals surface area contributed by atoms with E-state index in [1.165, 1.54) is 31.2 Å². The van der Waals surface area contributed by atoms with Crippen LogP contribution in [0.2, 0.25) is 0 Å². The maximum Gasteiger partial charge on any atom is 0.238 e. The molecule has 22 heavy (non-hydrogen) atoms. The molecule has 1 aliphatic carbocycles. The summed E-state index contributed by atoms with van der Waals surface area (Å²) in [6.45, 7) is 1.61. The summed E-state index contributed by atoms with van der Waals surface area (Å²) in [5, 5.41) is 1.65. The highest BCUT2D eigenvalue weighted by Crippen LogP contribution is 2.19. The van der Waals surface area contributed by atoms with Gasteiger partial charge < -0.3 is 10.1 Å². The Balaban J connectivity index is 1.74. The van der Waals surface area contributed by atoms with Crippen molar-refractivity contribution in [1.29, 1.82) is 0 Å². The van der Waals surface area contributed by atoms with Crippen molar-refractivity contribution in [3.05, 3.63) is 30.1 Å². The van der Waals surface area contributed by atoms with Gasteiger partial charge in [-0.1, -0.05) is 0 Å². The summed E-state index contributed by atoms with van der Waals surface area (Å²) in [6.07, 6.45) is 2.12. The van der Waals surface area contributed by atoms with E-state index in [-0.39, 0.29) is 30.6 Å². The van der Waals surface area contributed by atoms with Crippen LogP contribution in [0, 0.1) is 5.82 Å². The van der Waals surface area contributed by atoms with Crippen LogP contribution >= 0.6 is 0 Å². The van der Waals surface area contributed by atoms with Gasteiger partial charge in [0.05, 0.1) is 12.4 Å². The van der Waals surface area contributed by atoms with Crippen LogP contribution in [-0.4, -0.2) is 38.0 Å². The first-order valence-corrected chi connectivity index (χ1v) is 9.00. The van der Waals surface area contributed by atoms with Crippen molar-refractivity contribution in [2.75, 3.05) is 12.4 Å². The molecule has 122 valence electrons. The van der Waals surface area contributed by atoms with E-state index in [4.69, 9.17) is 4.74 Å². The van der Waals surface area contributed by atoms with E-state index in [0.29, 0.717) is 5.75 Å². The van der Waals surface area contributed by atoms with E-state index in [1.807, 2.05) is 0 Å². The van der Waals surface area contributed by atoms with E-state index in [0.717, 1.165) is 12.8 Å². The number of nitrogens with one attached hydrogen (secondary N) is 1. The largest absolute Gasteiger partial charge is 0.494 e. The third kappa shape index (κ3) is 4.98. The smallest absolute Gasteiger partial charge is 0.238 e. The average Bonchev–Trinajstić information content (AvgIpc) is 3.28. The van der Waals surface area contributed by atoms with Gasteiger partial charge in [0.1, 0.15) is 16.8 Å². The molecule has 1 saturated carbocycles. The average molecular weight is 329 g/mol. The molecule has 0 aliphatic heterocycles. The van der Waals surface area contributed by atoms with Crippen LogP contribution in [0.15, 0.2) is 24.3 Å². The van der Waals surface area contributed by atoms with Gasteiger partial charge in [-0.25, -0.2) is 12.8 Å². The molecule has 7 heteroatoms. The third-order valence-corrected chi connectivity index (χ3v) is 5.64. The molecule has 1 N–H and O–H groups in total. The van der Waals surface area contributed by atoms with Gasteiger partial charge in [0.2, 0.25) is 5.91 Å². The second-order valence-corrected chi connectivity index (χ2v) is 7.89. The van der Waals surface area contributed by atoms with E-state index < -0.39 is 21.0 Å². The van der Waals surface area contributed by atoms with E-state index in [2.05, 4.69) is 5.32 Å². The molecule has 2 rings (SSSR count). The molecule has 1 atom stereocenters. The minimum atomic E-state index is -3.49. The number of hydrogen-bond acceptors (Lipinski definition) is 4. The summed E-state index contributed by atoms with van der Waals surface area (Å²) in [5.74, 6) is -0.418. The second-order valence-electron chi connectivity index (χ2n) is 5.45. The van der Waals surface area contributed by atoms with Crippen LogP contribution < -0.4 is 10.1 Å². The highest BCUT2D eigenvalue weighted by Gasteiger charge is 2.31. The second kappa shape index (κ2) is 7.09. The zero-order valence-electron chi connectivity index (χ0n) is 12.4. The predicted octanol–water partition coefficient (Wildman–Crippen LogP) is 1.68. The molecule has 1 fully saturated rings. The van der Waals surface area contributed by atoms with Crippen molar-refractivity contribution in [3.8, 4) is 5.75 Å². The van der Waals surface area contributed by atoms with Gasteiger partial charge in [-0.05, 0) is 50.5 Å². The zero-order chi connectivity index (χ0) is 16.2. The van der Waals surface area contributed by atoms with Crippen molar-refractivity contribution in [2.24, 2.45) is 0 Å². The number of sulfone groups is 1. The summed E-state index contributed by atoms with van der Waals surface area (Å²) in [7, 11) is -3.49. The minimum Gasteiger partial charge on any atom is -0.494 e. The van der Waals surface area contributed by atoms with E-state index >= 15 is 0 Å². The standard InChI is InChI=1S/C15H20FNO4S/c1-11(15(18)17-13-5-6-13)22(19,20)10-2-9-21-14-7-3-12(16)4-8-14/h3-4,7-8,11,13H,2,5-6,9-10H2,1H3,(H,17,18)/t11-/m0/s1. The van der Waals surface area contributed by atoms with Crippen molar-refractivity contribution in [1.82, 2.24) is 5.32 Å². The summed E-state index contributed by atoms with van der Waals surface area (Å²) >= 11 is 0. The van der Waals surface area contributed by atoms with Crippen molar-refractivity contribution >= 4 is 15.7 Å². The number of halogens is 1. The van der Waals surface area contributed by atoms with Crippen LogP contribution in [-0.2, 0) is 14.6 Å². The minimum absolute atomic E-state index is 0.118. The highest BCUT2D eigenvalue weighted by atomic mass is 32.2. The lowest BCUT2D eigenvalue weighted by molar-refractivity contribution is -0.120. The number of carbonyl (C=O) groups excluding carboxylic acids is 1. The molecule has 0 aromatic heterocycles. The first-order chi connectivity index (χ1) is 10.4. The van der Waals surface area contributed by atoms with Gasteiger partial charge in [-0.3, -0.25) is 4.79 Å². The number of hydrogen-bond donors (Lipinski definition) is 1. The maximum atomic E-state index is 12.7. The maximum absolute atomic E-state index is 12.7. The Morgan fingerprint density at radius 1 is 1.36 bits per heavy atom. The summed E-state index contributed by atoms with van der Waals surface area (Å²) in [4.78, 5) is 11.8. The topological polar surface area (TPSA) is 72.5 Å². The van der Waals surface area contributed by atoms with Crippen LogP contribution in [0.3, 0.4) is 0 Å². The van der Waals surface area contributed by atoms with Gasteiger partial charge in [0, 0.05) is 6.04 Å². The first-order valence-electron chi connectivity index (χ1n) is 7.29. The lowest BCUT2D eigenvalue weighted by atomic mass is 10.3. The van der Waals surface area contributed by atoms with E-state index in [9.17, 15) is 17.6 Å². The lowest BCUT2D eigenvalue weighted by Gasteiger charge is -2.13. The Morgan fingerprint density at radius 2 is 2.00 bits per heavy atom. The van der Waals surface area contributed by atoms with E-state index in [1.54, 1.807) is 0 Å². The van der Waals surface area contributed by atoms with Crippen molar-refractivity contribution < 1.29 is 22.3 Å². The number of ether oxygens (including phenoxy) is 1. The van der Waals surface area contributed by atoms with Crippen LogP contribution in [0.4, 0.5) is 4.39 Å². The molecule has 1 amide bonds. The highest BCUT2D eigenvalue weighted by molar-refractivity contribution is 7.92. The molecule has 5 nitrogen and oxygen atoms in total. The summed E-state index contributed by atoms with van der Waals surface area (Å²) < 4.78 is 42.2. The van der Waals surface area contributed by atoms with Crippen LogP contribution in [0.5, 0.6) is 5.75 Å². The van der Waals surface area contributed by atoms with Crippen LogP contribution in [0.25, 0.3) is 0 Å². The third-order valence-electron chi connectivity index (χ3n) is 3.49. The predicted molar refractivity (Wildman–Crippen MR) is 80.9 cm³/mol. The molecular weight excluding hydrogens is 309 g/mol. The van der Waals surface area contributed by atoms with Gasteiger partial charge in [0.25, 0.3) is 0 Å². The molecule has 1 aromatic rings.